The minimum absolute atomic E-state index is 0.104. The number of hydrogen-bond acceptors (Lipinski definition) is 4. The van der Waals surface area contributed by atoms with Crippen molar-refractivity contribution in [1.29, 1.82) is 0 Å². The normalized spacial score (nSPS) is 11.7. The maximum Gasteiger partial charge on any atom is 0.148 e. The minimum atomic E-state index is -2.96. The molecule has 0 atom stereocenters. The molecule has 0 aliphatic rings. The molecule has 1 aromatic carbocycles. The average Bonchev–Trinajstić information content (AvgIpc) is 2.21. The topological polar surface area (TPSA) is 46.2 Å². The lowest BCUT2D eigenvalue weighted by molar-refractivity contribution is 0.594. The third kappa shape index (κ3) is 5.06. The van der Waals surface area contributed by atoms with Gasteiger partial charge in [0.15, 0.2) is 0 Å². The van der Waals surface area contributed by atoms with Crippen LogP contribution >= 0.6 is 11.8 Å². The molecule has 0 saturated heterocycles. The van der Waals surface area contributed by atoms with Gasteiger partial charge in [-0.15, -0.1) is 11.8 Å². The molecule has 0 heterocycles. The zero-order valence-corrected chi connectivity index (χ0v) is 11.5. The lowest BCUT2D eigenvalue weighted by Crippen LogP contribution is -2.09. The van der Waals surface area contributed by atoms with Gasteiger partial charge in [-0.2, -0.15) is 0 Å². The zero-order chi connectivity index (χ0) is 12.9. The molecule has 0 unspecified atom stereocenters. The second-order valence-corrected chi connectivity index (χ2v) is 7.12. The molecule has 0 spiro atoms. The van der Waals surface area contributed by atoms with Crippen LogP contribution in [0.1, 0.15) is 5.56 Å². The molecule has 0 amide bonds. The van der Waals surface area contributed by atoms with Crippen LogP contribution in [0.5, 0.6) is 0 Å². The number of benzene rings is 1. The fourth-order valence-corrected chi connectivity index (χ4v) is 3.61. The largest absolute Gasteiger partial charge is 0.316 e. The number of sulfone groups is 1. The van der Waals surface area contributed by atoms with Gasteiger partial charge in [-0.3, -0.25) is 0 Å². The van der Waals surface area contributed by atoms with Crippen molar-refractivity contribution in [2.75, 3.05) is 24.8 Å². The first-order chi connectivity index (χ1) is 7.94. The molecule has 0 aliphatic carbocycles. The molecule has 0 aliphatic heterocycles. The highest BCUT2D eigenvalue weighted by atomic mass is 32.2. The van der Waals surface area contributed by atoms with Gasteiger partial charge in [-0.05, 0) is 19.2 Å². The van der Waals surface area contributed by atoms with E-state index in [1.165, 1.54) is 24.1 Å². The first-order valence-electron chi connectivity index (χ1n) is 5.16. The van der Waals surface area contributed by atoms with Gasteiger partial charge in [0.05, 0.1) is 5.75 Å². The molecule has 1 N–H and O–H groups in total. The number of hydrogen-bond donors (Lipinski definition) is 1. The Kier molecular flexibility index (Phi) is 5.42. The maximum absolute atomic E-state index is 13.5. The molecular formula is C11H16FNO2S2. The monoisotopic (exact) mass is 277 g/mol. The van der Waals surface area contributed by atoms with Crippen molar-refractivity contribution in [1.82, 2.24) is 5.32 Å². The molecule has 3 nitrogen and oxygen atoms in total. The second-order valence-electron chi connectivity index (χ2n) is 3.73. The summed E-state index contributed by atoms with van der Waals surface area (Å²) in [6.07, 6.45) is 1.20. The quantitative estimate of drug-likeness (QED) is 0.804. The highest BCUT2D eigenvalue weighted by Crippen LogP contribution is 2.24. The van der Waals surface area contributed by atoms with Crippen LogP contribution in [0.25, 0.3) is 0 Å². The van der Waals surface area contributed by atoms with Gasteiger partial charge in [0.25, 0.3) is 0 Å². The van der Waals surface area contributed by atoms with Crippen LogP contribution in [-0.4, -0.2) is 33.2 Å². The van der Waals surface area contributed by atoms with E-state index >= 15 is 0 Å². The summed E-state index contributed by atoms with van der Waals surface area (Å²) in [4.78, 5) is 0.794. The van der Waals surface area contributed by atoms with Gasteiger partial charge in [-0.25, -0.2) is 12.8 Å². The van der Waals surface area contributed by atoms with Crippen LogP contribution < -0.4 is 5.32 Å². The minimum Gasteiger partial charge on any atom is -0.316 e. The Labute approximate surface area is 106 Å². The third-order valence-electron chi connectivity index (χ3n) is 2.14. The van der Waals surface area contributed by atoms with Crippen molar-refractivity contribution in [2.24, 2.45) is 0 Å². The van der Waals surface area contributed by atoms with E-state index in [4.69, 9.17) is 0 Å². The Morgan fingerprint density at radius 3 is 2.71 bits per heavy atom. The first kappa shape index (κ1) is 14.5. The average molecular weight is 277 g/mol. The van der Waals surface area contributed by atoms with E-state index in [0.717, 1.165) is 4.90 Å². The molecule has 1 aromatic rings. The fraction of sp³-hybridized carbons (Fsp3) is 0.455. The van der Waals surface area contributed by atoms with Crippen molar-refractivity contribution < 1.29 is 12.8 Å². The molecule has 17 heavy (non-hydrogen) atoms. The Hall–Kier alpha value is -0.590. The molecule has 0 radical (unpaired) electrons. The van der Waals surface area contributed by atoms with Crippen molar-refractivity contribution in [3.63, 3.8) is 0 Å². The molecular weight excluding hydrogens is 261 g/mol. The molecule has 1 rings (SSSR count). The molecule has 96 valence electrons. The van der Waals surface area contributed by atoms with Gasteiger partial charge in [-0.1, -0.05) is 6.07 Å². The number of rotatable bonds is 6. The van der Waals surface area contributed by atoms with Crippen LogP contribution in [0, 0.1) is 5.82 Å². The number of thioether (sulfide) groups is 1. The summed E-state index contributed by atoms with van der Waals surface area (Å²) >= 11 is 1.37. The zero-order valence-electron chi connectivity index (χ0n) is 9.86. The summed E-state index contributed by atoms with van der Waals surface area (Å²) in [5.41, 5.74) is 0.591. The molecule has 0 saturated carbocycles. The van der Waals surface area contributed by atoms with Crippen molar-refractivity contribution in [3.8, 4) is 0 Å². The van der Waals surface area contributed by atoms with Gasteiger partial charge < -0.3 is 5.32 Å². The standard InChI is InChI=1S/C11H16FNO2S2/c1-13-8-9-10(12)4-3-5-11(9)16-6-7-17(2,14)15/h3-5,13H,6-8H2,1-2H3. The summed E-state index contributed by atoms with van der Waals surface area (Å²) in [6, 6.07) is 4.85. The summed E-state index contributed by atoms with van der Waals surface area (Å²) in [5.74, 6) is 0.287. The Bertz CT molecular complexity index is 474. The lowest BCUT2D eigenvalue weighted by Gasteiger charge is -2.09. The van der Waals surface area contributed by atoms with Crippen molar-refractivity contribution >= 4 is 21.6 Å². The van der Waals surface area contributed by atoms with Crippen molar-refractivity contribution in [3.05, 3.63) is 29.6 Å². The van der Waals surface area contributed by atoms with Gasteiger partial charge in [0, 0.05) is 29.0 Å². The van der Waals surface area contributed by atoms with Crippen molar-refractivity contribution in [2.45, 2.75) is 11.4 Å². The lowest BCUT2D eigenvalue weighted by atomic mass is 10.2. The van der Waals surface area contributed by atoms with E-state index < -0.39 is 9.84 Å². The van der Waals surface area contributed by atoms with E-state index in [0.29, 0.717) is 17.9 Å². The van der Waals surface area contributed by atoms with Gasteiger partial charge >= 0.3 is 0 Å². The van der Waals surface area contributed by atoms with Crippen LogP contribution in [0.4, 0.5) is 4.39 Å². The highest BCUT2D eigenvalue weighted by Gasteiger charge is 2.09. The summed E-state index contributed by atoms with van der Waals surface area (Å²) in [5, 5.41) is 2.90. The fourth-order valence-electron chi connectivity index (χ4n) is 1.33. The Morgan fingerprint density at radius 2 is 2.12 bits per heavy atom. The van der Waals surface area contributed by atoms with E-state index in [1.54, 1.807) is 13.1 Å². The molecule has 0 fully saturated rings. The maximum atomic E-state index is 13.5. The molecule has 0 bridgehead atoms. The Morgan fingerprint density at radius 1 is 1.41 bits per heavy atom. The van der Waals surface area contributed by atoms with Gasteiger partial charge in [0.2, 0.25) is 0 Å². The van der Waals surface area contributed by atoms with Crippen LogP contribution in [0.3, 0.4) is 0 Å². The SMILES string of the molecule is CNCc1c(F)cccc1SCCS(C)(=O)=O. The van der Waals surface area contributed by atoms with E-state index in [9.17, 15) is 12.8 Å². The smallest absolute Gasteiger partial charge is 0.148 e. The Balaban J connectivity index is 2.73. The van der Waals surface area contributed by atoms with Gasteiger partial charge in [0.1, 0.15) is 15.7 Å². The highest BCUT2D eigenvalue weighted by molar-refractivity contribution is 8.00. The second kappa shape index (κ2) is 6.37. The van der Waals surface area contributed by atoms with Crippen LogP contribution in [0.2, 0.25) is 0 Å². The summed E-state index contributed by atoms with van der Waals surface area (Å²) in [7, 11) is -1.21. The van der Waals surface area contributed by atoms with Crippen LogP contribution in [0.15, 0.2) is 23.1 Å². The van der Waals surface area contributed by atoms with Crippen LogP contribution in [-0.2, 0) is 16.4 Å². The summed E-state index contributed by atoms with van der Waals surface area (Å²) < 4.78 is 35.5. The molecule has 6 heteroatoms. The number of halogens is 1. The summed E-state index contributed by atoms with van der Waals surface area (Å²) in [6.45, 7) is 0.438. The first-order valence-corrected chi connectivity index (χ1v) is 8.21. The van der Waals surface area contributed by atoms with E-state index in [2.05, 4.69) is 5.32 Å². The molecule has 0 aromatic heterocycles. The predicted octanol–water partition coefficient (Wildman–Crippen LogP) is 1.68. The third-order valence-corrected chi connectivity index (χ3v) is 4.45. The van der Waals surface area contributed by atoms with E-state index in [-0.39, 0.29) is 11.6 Å². The number of nitrogens with one attached hydrogen (secondary N) is 1. The van der Waals surface area contributed by atoms with E-state index in [1.807, 2.05) is 6.07 Å². The predicted molar refractivity (Wildman–Crippen MR) is 69.6 cm³/mol.